The fourth-order valence-electron chi connectivity index (χ4n) is 2.50. The highest BCUT2D eigenvalue weighted by atomic mass is 35.5. The Morgan fingerprint density at radius 2 is 1.46 bits per heavy atom. The topological polar surface area (TPSA) is 0 Å². The molecule has 0 radical (unpaired) electrons. The van der Waals surface area contributed by atoms with Crippen LogP contribution < -0.4 is 0 Å². The van der Waals surface area contributed by atoms with Crippen LogP contribution in [0.1, 0.15) is 44.9 Å². The van der Waals surface area contributed by atoms with Crippen LogP contribution in [-0.4, -0.2) is 11.8 Å². The van der Waals surface area contributed by atoms with Gasteiger partial charge in [0, 0.05) is 11.8 Å². The normalized spacial score (nSPS) is 19.6. The lowest BCUT2D eigenvalue weighted by Gasteiger charge is -2.29. The van der Waals surface area contributed by atoms with E-state index in [0.717, 1.165) is 23.6 Å². The van der Waals surface area contributed by atoms with E-state index in [1.54, 1.807) is 0 Å². The maximum atomic E-state index is 5.81. The zero-order valence-electron chi connectivity index (χ0n) is 8.27. The summed E-state index contributed by atoms with van der Waals surface area (Å²) in [4.78, 5) is 0. The first-order valence-corrected chi connectivity index (χ1v) is 6.57. The molecule has 0 unspecified atom stereocenters. The molecule has 2 heteroatoms. The average Bonchev–Trinajstić information content (AvgIpc) is 2.19. The lowest BCUT2D eigenvalue weighted by Crippen LogP contribution is -2.19. The molecular weight excluding hydrogens is 203 g/mol. The Hall–Kier alpha value is 0.580. The van der Waals surface area contributed by atoms with E-state index >= 15 is 0 Å². The fourth-order valence-corrected chi connectivity index (χ4v) is 3.06. The minimum Gasteiger partial charge on any atom is -0.127 e. The molecule has 0 heterocycles. The first-order valence-electron chi connectivity index (χ1n) is 5.50. The van der Waals surface area contributed by atoms with Gasteiger partial charge in [0.1, 0.15) is 0 Å². The Bertz CT molecular complexity index is 113. The van der Waals surface area contributed by atoms with E-state index in [2.05, 4.69) is 0 Å². The number of halogens is 2. The molecule has 78 valence electrons. The SMILES string of the molecule is ClCCC(CCCl)C1CCCCC1. The second-order valence-corrected chi connectivity index (χ2v) is 4.87. The molecule has 0 bridgehead atoms. The molecule has 13 heavy (non-hydrogen) atoms. The molecule has 1 aliphatic carbocycles. The maximum absolute atomic E-state index is 5.81. The van der Waals surface area contributed by atoms with Crippen molar-refractivity contribution in [1.82, 2.24) is 0 Å². The van der Waals surface area contributed by atoms with E-state index in [0.29, 0.717) is 0 Å². The molecule has 1 saturated carbocycles. The summed E-state index contributed by atoms with van der Waals surface area (Å²) in [6.07, 6.45) is 9.44. The summed E-state index contributed by atoms with van der Waals surface area (Å²) in [7, 11) is 0. The highest BCUT2D eigenvalue weighted by Gasteiger charge is 2.22. The van der Waals surface area contributed by atoms with Crippen LogP contribution in [0.2, 0.25) is 0 Å². The quantitative estimate of drug-likeness (QED) is 0.604. The van der Waals surface area contributed by atoms with Crippen LogP contribution in [0.25, 0.3) is 0 Å². The van der Waals surface area contributed by atoms with Crippen LogP contribution in [0.15, 0.2) is 0 Å². The van der Waals surface area contributed by atoms with Crippen molar-refractivity contribution in [2.45, 2.75) is 44.9 Å². The molecule has 0 atom stereocenters. The molecule has 1 aliphatic rings. The van der Waals surface area contributed by atoms with Gasteiger partial charge in [-0.2, -0.15) is 0 Å². The predicted molar refractivity (Wildman–Crippen MR) is 60.7 cm³/mol. The average molecular weight is 223 g/mol. The van der Waals surface area contributed by atoms with Crippen molar-refractivity contribution in [1.29, 1.82) is 0 Å². The van der Waals surface area contributed by atoms with E-state index in [4.69, 9.17) is 23.2 Å². The molecule has 0 aromatic rings. The Balaban J connectivity index is 2.32. The standard InChI is InChI=1S/C11H20Cl2/c12-8-6-11(7-9-13)10-4-2-1-3-5-10/h10-11H,1-9H2. The molecule has 1 rings (SSSR count). The summed E-state index contributed by atoms with van der Waals surface area (Å²) in [6.45, 7) is 0. The van der Waals surface area contributed by atoms with E-state index in [1.807, 2.05) is 0 Å². The van der Waals surface area contributed by atoms with Crippen molar-refractivity contribution < 1.29 is 0 Å². The lowest BCUT2D eigenvalue weighted by atomic mass is 9.78. The van der Waals surface area contributed by atoms with Crippen molar-refractivity contribution in [3.05, 3.63) is 0 Å². The second kappa shape index (κ2) is 6.95. The van der Waals surface area contributed by atoms with Crippen LogP contribution in [0.3, 0.4) is 0 Å². The summed E-state index contributed by atoms with van der Waals surface area (Å²) in [6, 6.07) is 0. The summed E-state index contributed by atoms with van der Waals surface area (Å²) < 4.78 is 0. The smallest absolute Gasteiger partial charge is 0.0226 e. The molecule has 0 aliphatic heterocycles. The van der Waals surface area contributed by atoms with Gasteiger partial charge in [0.25, 0.3) is 0 Å². The molecule has 0 saturated heterocycles. The van der Waals surface area contributed by atoms with Gasteiger partial charge in [0.05, 0.1) is 0 Å². The van der Waals surface area contributed by atoms with Crippen LogP contribution in [0.5, 0.6) is 0 Å². The highest BCUT2D eigenvalue weighted by molar-refractivity contribution is 6.18. The number of hydrogen-bond donors (Lipinski definition) is 0. The Morgan fingerprint density at radius 3 is 1.92 bits per heavy atom. The summed E-state index contributed by atoms with van der Waals surface area (Å²) in [5.74, 6) is 3.33. The number of hydrogen-bond acceptors (Lipinski definition) is 0. The molecular formula is C11H20Cl2. The van der Waals surface area contributed by atoms with Gasteiger partial charge in [-0.05, 0) is 24.7 Å². The van der Waals surface area contributed by atoms with Crippen LogP contribution >= 0.6 is 23.2 Å². The van der Waals surface area contributed by atoms with E-state index in [-0.39, 0.29) is 0 Å². The van der Waals surface area contributed by atoms with Gasteiger partial charge < -0.3 is 0 Å². The third-order valence-electron chi connectivity index (χ3n) is 3.28. The zero-order valence-corrected chi connectivity index (χ0v) is 9.79. The lowest BCUT2D eigenvalue weighted by molar-refractivity contribution is 0.238. The van der Waals surface area contributed by atoms with Gasteiger partial charge in [-0.15, -0.1) is 23.2 Å². The second-order valence-electron chi connectivity index (χ2n) is 4.11. The minimum absolute atomic E-state index is 0.801. The largest absolute Gasteiger partial charge is 0.127 e. The van der Waals surface area contributed by atoms with Gasteiger partial charge >= 0.3 is 0 Å². The molecule has 1 fully saturated rings. The first-order chi connectivity index (χ1) is 6.38. The predicted octanol–water partition coefficient (Wildman–Crippen LogP) is 4.44. The molecule has 0 aromatic carbocycles. The highest BCUT2D eigenvalue weighted by Crippen LogP contribution is 2.33. The maximum Gasteiger partial charge on any atom is 0.0226 e. The van der Waals surface area contributed by atoms with Crippen molar-refractivity contribution in [3.63, 3.8) is 0 Å². The van der Waals surface area contributed by atoms with E-state index in [1.165, 1.54) is 44.9 Å². The van der Waals surface area contributed by atoms with Gasteiger partial charge in [0.15, 0.2) is 0 Å². The third-order valence-corrected chi connectivity index (χ3v) is 3.71. The van der Waals surface area contributed by atoms with Crippen molar-refractivity contribution in [3.8, 4) is 0 Å². The van der Waals surface area contributed by atoms with Crippen molar-refractivity contribution >= 4 is 23.2 Å². The fraction of sp³-hybridized carbons (Fsp3) is 1.00. The summed E-state index contributed by atoms with van der Waals surface area (Å²) in [5, 5.41) is 0. The summed E-state index contributed by atoms with van der Waals surface area (Å²) >= 11 is 11.6. The van der Waals surface area contributed by atoms with Crippen LogP contribution in [0, 0.1) is 11.8 Å². The molecule has 0 nitrogen and oxygen atoms in total. The van der Waals surface area contributed by atoms with Gasteiger partial charge in [-0.25, -0.2) is 0 Å². The molecule has 0 amide bonds. The Morgan fingerprint density at radius 1 is 0.923 bits per heavy atom. The molecule has 0 N–H and O–H groups in total. The monoisotopic (exact) mass is 222 g/mol. The third kappa shape index (κ3) is 4.08. The van der Waals surface area contributed by atoms with Crippen molar-refractivity contribution in [2.75, 3.05) is 11.8 Å². The molecule has 0 spiro atoms. The van der Waals surface area contributed by atoms with E-state index < -0.39 is 0 Å². The Kier molecular flexibility index (Phi) is 6.23. The van der Waals surface area contributed by atoms with Gasteiger partial charge in [-0.1, -0.05) is 32.1 Å². The van der Waals surface area contributed by atoms with Crippen LogP contribution in [0.4, 0.5) is 0 Å². The van der Waals surface area contributed by atoms with Crippen LogP contribution in [-0.2, 0) is 0 Å². The van der Waals surface area contributed by atoms with E-state index in [9.17, 15) is 0 Å². The summed E-state index contributed by atoms with van der Waals surface area (Å²) in [5.41, 5.74) is 0. The zero-order chi connectivity index (χ0) is 9.52. The molecule has 0 aromatic heterocycles. The Labute approximate surface area is 92.0 Å². The number of rotatable bonds is 5. The van der Waals surface area contributed by atoms with Gasteiger partial charge in [-0.3, -0.25) is 0 Å². The first kappa shape index (κ1) is 11.7. The number of alkyl halides is 2. The van der Waals surface area contributed by atoms with Gasteiger partial charge in [0.2, 0.25) is 0 Å². The minimum atomic E-state index is 0.801. The van der Waals surface area contributed by atoms with Crippen molar-refractivity contribution in [2.24, 2.45) is 11.8 Å².